The third-order valence-electron chi connectivity index (χ3n) is 8.56. The number of benzene rings is 1. The highest BCUT2D eigenvalue weighted by atomic mass is 19.4. The summed E-state index contributed by atoms with van der Waals surface area (Å²) in [4.78, 5) is 13.3. The molecule has 44 heavy (non-hydrogen) atoms. The molecular weight excluding hydrogens is 581 g/mol. The number of hydrogen-bond acceptors (Lipinski definition) is 7. The lowest BCUT2D eigenvalue weighted by molar-refractivity contribution is -0.0883. The maximum absolute atomic E-state index is 16.3. The van der Waals surface area contributed by atoms with Crippen LogP contribution in [0.5, 0.6) is 6.01 Å². The van der Waals surface area contributed by atoms with Gasteiger partial charge >= 0.3 is 12.2 Å². The number of nitrogens with two attached hydrogens (primary N) is 1. The summed E-state index contributed by atoms with van der Waals surface area (Å²) in [5, 5.41) is 10.7. The van der Waals surface area contributed by atoms with Crippen molar-refractivity contribution in [2.24, 2.45) is 5.73 Å². The number of halogens is 5. The minimum atomic E-state index is -4.96. The zero-order valence-electron chi connectivity index (χ0n) is 25.8. The van der Waals surface area contributed by atoms with Gasteiger partial charge < -0.3 is 20.7 Å². The monoisotopic (exact) mass is 623 g/mol. The lowest BCUT2D eigenvalue weighted by Gasteiger charge is -2.32. The van der Waals surface area contributed by atoms with Crippen LogP contribution in [0.3, 0.4) is 0 Å². The maximum atomic E-state index is 16.3. The highest BCUT2D eigenvalue weighted by Gasteiger charge is 2.45. The van der Waals surface area contributed by atoms with Gasteiger partial charge in [0.15, 0.2) is 5.82 Å². The number of nitrogens with one attached hydrogen (secondary N) is 2. The van der Waals surface area contributed by atoms with Crippen molar-refractivity contribution in [2.75, 3.05) is 50.8 Å². The van der Waals surface area contributed by atoms with E-state index in [1.54, 1.807) is 6.92 Å². The smallest absolute Gasteiger partial charge is 0.416 e. The fourth-order valence-electron chi connectivity index (χ4n) is 6.52. The number of allylic oxidation sites excluding steroid dienone is 2. The molecule has 13 heteroatoms. The van der Waals surface area contributed by atoms with Crippen LogP contribution in [0.2, 0.25) is 0 Å². The van der Waals surface area contributed by atoms with Crippen molar-refractivity contribution in [2.45, 2.75) is 71.5 Å². The van der Waals surface area contributed by atoms with Crippen LogP contribution in [0.4, 0.5) is 27.8 Å². The molecule has 2 aromatic rings. The molecule has 1 aromatic carbocycles. The molecular formula is C31H42F5N7O. The summed E-state index contributed by atoms with van der Waals surface area (Å²) in [5.41, 5.74) is 2.24. The number of rotatable bonds is 8. The van der Waals surface area contributed by atoms with Gasteiger partial charge in [-0.25, -0.2) is 8.78 Å². The molecule has 4 heterocycles. The molecule has 3 aliphatic rings. The van der Waals surface area contributed by atoms with E-state index < -0.39 is 40.4 Å². The number of anilines is 1. The van der Waals surface area contributed by atoms with Crippen LogP contribution in [0, 0.1) is 17.0 Å². The number of aromatic nitrogens is 2. The number of hydrogen-bond donors (Lipinski definition) is 3. The molecule has 1 aromatic heterocycles. The van der Waals surface area contributed by atoms with Crippen LogP contribution >= 0.6 is 0 Å². The first kappa shape index (κ1) is 33.6. The van der Waals surface area contributed by atoms with E-state index in [9.17, 15) is 13.2 Å². The van der Waals surface area contributed by atoms with E-state index in [0.717, 1.165) is 51.8 Å². The van der Waals surface area contributed by atoms with E-state index in [1.165, 1.54) is 0 Å². The third kappa shape index (κ3) is 6.68. The molecule has 0 unspecified atom stereocenters. The Balaban J connectivity index is 0.00000216. The van der Waals surface area contributed by atoms with Crippen molar-refractivity contribution < 1.29 is 26.7 Å². The zero-order valence-corrected chi connectivity index (χ0v) is 25.8. The summed E-state index contributed by atoms with van der Waals surface area (Å²) in [5.74, 6) is -2.66. The van der Waals surface area contributed by atoms with E-state index in [1.807, 2.05) is 18.7 Å². The van der Waals surface area contributed by atoms with Crippen molar-refractivity contribution in [1.29, 1.82) is 5.41 Å². The number of aryl methyl sites for hydroxylation is 1. The molecule has 0 amide bonds. The largest absolute Gasteiger partial charge is 0.461 e. The molecule has 0 radical (unpaired) electrons. The number of piperazine rings is 1. The van der Waals surface area contributed by atoms with Crippen LogP contribution in [0.25, 0.3) is 17.0 Å². The molecule has 8 nitrogen and oxygen atoms in total. The van der Waals surface area contributed by atoms with Crippen LogP contribution in [-0.4, -0.2) is 78.3 Å². The molecule has 0 atom stereocenters. The second kappa shape index (κ2) is 13.8. The average Bonchev–Trinajstić information content (AvgIpc) is 3.57. The molecule has 0 bridgehead atoms. The first-order valence-corrected chi connectivity index (χ1v) is 15.3. The Morgan fingerprint density at radius 1 is 1.07 bits per heavy atom. The quantitative estimate of drug-likeness (QED) is 0.149. The van der Waals surface area contributed by atoms with E-state index >= 15 is 8.78 Å². The molecule has 5 rings (SSSR count). The van der Waals surface area contributed by atoms with Crippen LogP contribution < -0.4 is 20.7 Å². The first-order chi connectivity index (χ1) is 20.9. The first-order valence-electron chi connectivity index (χ1n) is 15.3. The Morgan fingerprint density at radius 3 is 2.27 bits per heavy atom. The Labute approximate surface area is 255 Å². The lowest BCUT2D eigenvalue weighted by atomic mass is 9.95. The van der Waals surface area contributed by atoms with E-state index in [0.29, 0.717) is 44.7 Å². The zero-order chi connectivity index (χ0) is 32.2. The number of alkyl halides is 3. The number of ether oxygens (including phenoxy) is 1. The van der Waals surface area contributed by atoms with E-state index in [2.05, 4.69) is 20.2 Å². The Kier molecular flexibility index (Phi) is 10.5. The van der Waals surface area contributed by atoms with Crippen LogP contribution in [-0.2, 0) is 6.42 Å². The summed E-state index contributed by atoms with van der Waals surface area (Å²) < 4.78 is 80.6. The predicted octanol–water partition coefficient (Wildman–Crippen LogP) is 5.74. The van der Waals surface area contributed by atoms with Gasteiger partial charge in [0.2, 0.25) is 0 Å². The summed E-state index contributed by atoms with van der Waals surface area (Å²) in [7, 11) is 0. The predicted molar refractivity (Wildman–Crippen MR) is 163 cm³/mol. The van der Waals surface area contributed by atoms with Crippen molar-refractivity contribution in [1.82, 2.24) is 20.2 Å². The van der Waals surface area contributed by atoms with E-state index in [-0.39, 0.29) is 34.4 Å². The Bertz CT molecular complexity index is 1420. The highest BCUT2D eigenvalue weighted by Crippen LogP contribution is 2.41. The van der Waals surface area contributed by atoms with E-state index in [4.69, 9.17) is 15.9 Å². The molecule has 0 aliphatic carbocycles. The average molecular weight is 624 g/mol. The Hall–Kier alpha value is -3.32. The molecule has 0 saturated carbocycles. The summed E-state index contributed by atoms with van der Waals surface area (Å²) in [6.07, 6.45) is 0.359. The van der Waals surface area contributed by atoms with Gasteiger partial charge in [0.1, 0.15) is 29.6 Å². The fraction of sp³-hybridized carbons (Fsp3) is 0.581. The van der Waals surface area contributed by atoms with Gasteiger partial charge in [0.05, 0.1) is 16.5 Å². The highest BCUT2D eigenvalue weighted by molar-refractivity contribution is 5.96. The summed E-state index contributed by atoms with van der Waals surface area (Å²) >= 11 is 0. The topological polar surface area (TPSA) is 103 Å². The van der Waals surface area contributed by atoms with Gasteiger partial charge in [-0.2, -0.15) is 23.1 Å². The summed E-state index contributed by atoms with van der Waals surface area (Å²) in [6, 6.07) is -0.0876. The van der Waals surface area contributed by atoms with Gasteiger partial charge in [-0.3, -0.25) is 10.3 Å². The van der Waals surface area contributed by atoms with Gasteiger partial charge in [-0.15, -0.1) is 0 Å². The van der Waals surface area contributed by atoms with Crippen molar-refractivity contribution in [3.8, 4) is 6.01 Å². The van der Waals surface area contributed by atoms with Gasteiger partial charge in [0.25, 0.3) is 0 Å². The fourth-order valence-corrected chi connectivity index (χ4v) is 6.52. The van der Waals surface area contributed by atoms with Gasteiger partial charge in [-0.05, 0) is 69.8 Å². The SMILES string of the molecule is CC.CCc1c(F)c(/C=C(/C(C)=C\C(=N)N)C(F)(F)F)c(F)c2nc(OCC34CCCN3CCC4)nc(N3CCNCC3)c12. The molecule has 3 aliphatic heterocycles. The van der Waals surface area contributed by atoms with Gasteiger partial charge in [-0.1, -0.05) is 20.8 Å². The number of nitrogens with zero attached hydrogens (tertiary/aromatic N) is 4. The Morgan fingerprint density at radius 2 is 1.70 bits per heavy atom. The third-order valence-corrected chi connectivity index (χ3v) is 8.56. The molecule has 3 fully saturated rings. The number of fused-ring (bicyclic) bond motifs is 2. The molecule has 3 saturated heterocycles. The second-order valence-electron chi connectivity index (χ2n) is 11.2. The molecule has 242 valence electrons. The van der Waals surface area contributed by atoms with Crippen LogP contribution in [0.15, 0.2) is 17.2 Å². The van der Waals surface area contributed by atoms with Crippen molar-refractivity contribution >= 4 is 28.6 Å². The molecule has 4 N–H and O–H groups in total. The minimum Gasteiger partial charge on any atom is -0.461 e. The minimum absolute atomic E-state index is 0.0174. The normalized spacial score (nSPS) is 19.2. The maximum Gasteiger partial charge on any atom is 0.416 e. The number of amidine groups is 1. The van der Waals surface area contributed by atoms with Crippen LogP contribution in [0.1, 0.15) is 64.5 Å². The second-order valence-corrected chi connectivity index (χ2v) is 11.2. The van der Waals surface area contributed by atoms with Crippen molar-refractivity contribution in [3.63, 3.8) is 0 Å². The van der Waals surface area contributed by atoms with Gasteiger partial charge in [0, 0.05) is 37.3 Å². The molecule has 0 spiro atoms. The van der Waals surface area contributed by atoms with Crippen molar-refractivity contribution in [3.05, 3.63) is 40.0 Å². The standard InChI is InChI=1S/C29H36F5N7O.C2H6/c1-3-18-22-25(24(31)19(23(18)30)15-20(29(32,33)34)17(2)14-21(35)36)38-27(39-26(22)40-12-8-37-9-13-40)42-16-28-6-4-10-41(28)11-5-7-28;1-2/h14-15,37H,3-13,16H2,1-2H3,(H3,35,36);1-2H3/b17-14-,20-15-;. The summed E-state index contributed by atoms with van der Waals surface area (Å²) in [6.45, 7) is 11.3. The lowest BCUT2D eigenvalue weighted by Crippen LogP contribution is -2.44.